The van der Waals surface area contributed by atoms with Gasteiger partial charge in [0.05, 0.1) is 13.4 Å². The molecule has 1 N–H and O–H groups in total. The predicted octanol–water partition coefficient (Wildman–Crippen LogP) is 2.13. The minimum absolute atomic E-state index is 0.0726. The van der Waals surface area contributed by atoms with Crippen LogP contribution in [0.4, 0.5) is 0 Å². The van der Waals surface area contributed by atoms with Crippen molar-refractivity contribution in [2.45, 2.75) is 13.3 Å². The lowest BCUT2D eigenvalue weighted by atomic mass is 10.1. The number of aromatic amines is 1. The van der Waals surface area contributed by atoms with Gasteiger partial charge in [-0.2, -0.15) is 0 Å². The summed E-state index contributed by atoms with van der Waals surface area (Å²) in [7, 11) is 1.41. The zero-order valence-corrected chi connectivity index (χ0v) is 10.3. The Morgan fingerprint density at radius 3 is 2.83 bits per heavy atom. The fraction of sp³-hybridized carbons (Fsp3) is 0.231. The van der Waals surface area contributed by atoms with Crippen LogP contribution in [0.5, 0.6) is 17.4 Å². The Labute approximate surface area is 104 Å². The average molecular weight is 246 g/mol. The van der Waals surface area contributed by atoms with Crippen LogP contribution in [0.25, 0.3) is 0 Å². The van der Waals surface area contributed by atoms with Crippen LogP contribution in [0.3, 0.4) is 0 Å². The second-order valence-corrected chi connectivity index (χ2v) is 3.63. The maximum atomic E-state index is 11.5. The first-order chi connectivity index (χ1) is 8.76. The fourth-order valence-electron chi connectivity index (χ4n) is 1.62. The number of para-hydroxylation sites is 1. The molecule has 0 atom stereocenters. The molecule has 0 saturated carbocycles. The first kappa shape index (κ1) is 12.2. The summed E-state index contributed by atoms with van der Waals surface area (Å²) in [5.41, 5.74) is 0.679. The molecular formula is C13H14N2O3. The Hall–Kier alpha value is -2.30. The predicted molar refractivity (Wildman–Crippen MR) is 67.3 cm³/mol. The van der Waals surface area contributed by atoms with E-state index < -0.39 is 0 Å². The molecule has 2 rings (SSSR count). The summed E-state index contributed by atoms with van der Waals surface area (Å²) < 4.78 is 10.6. The maximum Gasteiger partial charge on any atom is 0.297 e. The van der Waals surface area contributed by atoms with E-state index in [0.717, 1.165) is 12.0 Å². The molecule has 0 aliphatic heterocycles. The highest BCUT2D eigenvalue weighted by molar-refractivity contribution is 5.39. The Morgan fingerprint density at radius 2 is 2.11 bits per heavy atom. The normalized spacial score (nSPS) is 10.1. The third-order valence-electron chi connectivity index (χ3n) is 2.54. The number of aryl methyl sites for hydroxylation is 1. The van der Waals surface area contributed by atoms with Gasteiger partial charge >= 0.3 is 0 Å². The zero-order chi connectivity index (χ0) is 13.0. The van der Waals surface area contributed by atoms with E-state index in [2.05, 4.69) is 9.97 Å². The standard InChI is InChI=1S/C13H14N2O3/c1-3-9-6-4-5-7-10(9)18-13-11(17-2)12(16)14-8-15-13/h4-8H,3H2,1-2H3,(H,14,15,16). The third kappa shape index (κ3) is 2.34. The minimum Gasteiger partial charge on any atom is -0.487 e. The molecule has 94 valence electrons. The molecule has 5 nitrogen and oxygen atoms in total. The van der Waals surface area contributed by atoms with E-state index in [-0.39, 0.29) is 17.2 Å². The topological polar surface area (TPSA) is 64.2 Å². The fourth-order valence-corrected chi connectivity index (χ4v) is 1.62. The number of ether oxygens (including phenoxy) is 2. The number of H-pyrrole nitrogens is 1. The van der Waals surface area contributed by atoms with Crippen molar-refractivity contribution in [3.63, 3.8) is 0 Å². The van der Waals surface area contributed by atoms with E-state index in [4.69, 9.17) is 9.47 Å². The Bertz CT molecular complexity index is 593. The highest BCUT2D eigenvalue weighted by atomic mass is 16.5. The number of aromatic nitrogens is 2. The van der Waals surface area contributed by atoms with Crippen molar-refractivity contribution in [3.05, 3.63) is 46.5 Å². The molecule has 0 saturated heterocycles. The summed E-state index contributed by atoms with van der Waals surface area (Å²) in [5, 5.41) is 0. The molecule has 0 spiro atoms. The molecule has 1 aromatic heterocycles. The summed E-state index contributed by atoms with van der Waals surface area (Å²) in [5.74, 6) is 0.918. The number of nitrogens with one attached hydrogen (secondary N) is 1. The van der Waals surface area contributed by atoms with Crippen LogP contribution in [0.2, 0.25) is 0 Å². The third-order valence-corrected chi connectivity index (χ3v) is 2.54. The molecule has 1 heterocycles. The van der Waals surface area contributed by atoms with Crippen molar-refractivity contribution in [1.82, 2.24) is 9.97 Å². The molecule has 0 radical (unpaired) electrons. The SMILES string of the molecule is CCc1ccccc1Oc1nc[nH]c(=O)c1OC. The van der Waals surface area contributed by atoms with Gasteiger partial charge in [0, 0.05) is 0 Å². The summed E-state index contributed by atoms with van der Waals surface area (Å²) >= 11 is 0. The molecular weight excluding hydrogens is 232 g/mol. The van der Waals surface area contributed by atoms with Gasteiger partial charge in [0.1, 0.15) is 5.75 Å². The van der Waals surface area contributed by atoms with Crippen molar-refractivity contribution >= 4 is 0 Å². The lowest BCUT2D eigenvalue weighted by Gasteiger charge is -2.10. The van der Waals surface area contributed by atoms with Crippen LogP contribution in [-0.4, -0.2) is 17.1 Å². The van der Waals surface area contributed by atoms with Gasteiger partial charge in [0.2, 0.25) is 5.75 Å². The maximum absolute atomic E-state index is 11.5. The number of benzene rings is 1. The molecule has 18 heavy (non-hydrogen) atoms. The van der Waals surface area contributed by atoms with Crippen LogP contribution in [0.1, 0.15) is 12.5 Å². The van der Waals surface area contributed by atoms with Crippen LogP contribution in [0.15, 0.2) is 35.4 Å². The van der Waals surface area contributed by atoms with E-state index in [9.17, 15) is 4.79 Å². The number of hydrogen-bond donors (Lipinski definition) is 1. The largest absolute Gasteiger partial charge is 0.487 e. The molecule has 0 amide bonds. The first-order valence-corrected chi connectivity index (χ1v) is 5.63. The lowest BCUT2D eigenvalue weighted by Crippen LogP contribution is -2.11. The molecule has 5 heteroatoms. The van der Waals surface area contributed by atoms with E-state index >= 15 is 0 Å². The van der Waals surface area contributed by atoms with E-state index in [1.807, 2.05) is 31.2 Å². The molecule has 2 aromatic rings. The van der Waals surface area contributed by atoms with Crippen molar-refractivity contribution in [2.75, 3.05) is 7.11 Å². The minimum atomic E-state index is -0.364. The highest BCUT2D eigenvalue weighted by Crippen LogP contribution is 2.28. The molecule has 0 unspecified atom stereocenters. The van der Waals surface area contributed by atoms with E-state index in [1.165, 1.54) is 13.4 Å². The Balaban J connectivity index is 2.40. The van der Waals surface area contributed by atoms with Gasteiger partial charge in [0.15, 0.2) is 0 Å². The highest BCUT2D eigenvalue weighted by Gasteiger charge is 2.12. The number of nitrogens with zero attached hydrogens (tertiary/aromatic N) is 1. The Kier molecular flexibility index (Phi) is 3.62. The van der Waals surface area contributed by atoms with Crippen LogP contribution in [-0.2, 0) is 6.42 Å². The van der Waals surface area contributed by atoms with Crippen molar-refractivity contribution in [3.8, 4) is 17.4 Å². The zero-order valence-electron chi connectivity index (χ0n) is 10.3. The van der Waals surface area contributed by atoms with E-state index in [1.54, 1.807) is 0 Å². The molecule has 0 fully saturated rings. The van der Waals surface area contributed by atoms with Gasteiger partial charge in [-0.05, 0) is 18.1 Å². The first-order valence-electron chi connectivity index (χ1n) is 5.63. The van der Waals surface area contributed by atoms with E-state index in [0.29, 0.717) is 5.75 Å². The van der Waals surface area contributed by atoms with Gasteiger partial charge in [0.25, 0.3) is 11.4 Å². The molecule has 0 aliphatic carbocycles. The van der Waals surface area contributed by atoms with Crippen molar-refractivity contribution in [2.24, 2.45) is 0 Å². The van der Waals surface area contributed by atoms with Crippen LogP contribution >= 0.6 is 0 Å². The summed E-state index contributed by atoms with van der Waals surface area (Å²) in [6, 6.07) is 7.61. The summed E-state index contributed by atoms with van der Waals surface area (Å²) in [6.45, 7) is 2.03. The summed E-state index contributed by atoms with van der Waals surface area (Å²) in [4.78, 5) is 17.9. The number of rotatable bonds is 4. The van der Waals surface area contributed by atoms with Crippen molar-refractivity contribution < 1.29 is 9.47 Å². The molecule has 0 bridgehead atoms. The van der Waals surface area contributed by atoms with Crippen molar-refractivity contribution in [1.29, 1.82) is 0 Å². The Morgan fingerprint density at radius 1 is 1.33 bits per heavy atom. The lowest BCUT2D eigenvalue weighted by molar-refractivity contribution is 0.362. The average Bonchev–Trinajstić information content (AvgIpc) is 2.40. The van der Waals surface area contributed by atoms with Gasteiger partial charge in [-0.1, -0.05) is 25.1 Å². The monoisotopic (exact) mass is 246 g/mol. The van der Waals surface area contributed by atoms with Gasteiger partial charge < -0.3 is 14.5 Å². The number of hydrogen-bond acceptors (Lipinski definition) is 4. The van der Waals surface area contributed by atoms with Gasteiger partial charge in [-0.15, -0.1) is 0 Å². The summed E-state index contributed by atoms with van der Waals surface area (Å²) in [6.07, 6.45) is 2.12. The molecule has 0 aliphatic rings. The number of methoxy groups -OCH3 is 1. The van der Waals surface area contributed by atoms with Gasteiger partial charge in [-0.3, -0.25) is 4.79 Å². The van der Waals surface area contributed by atoms with Crippen LogP contribution in [0, 0.1) is 0 Å². The van der Waals surface area contributed by atoms with Crippen LogP contribution < -0.4 is 15.0 Å². The van der Waals surface area contributed by atoms with Gasteiger partial charge in [-0.25, -0.2) is 4.98 Å². The quantitative estimate of drug-likeness (QED) is 0.897. The second-order valence-electron chi connectivity index (χ2n) is 3.63. The smallest absolute Gasteiger partial charge is 0.297 e. The second kappa shape index (κ2) is 5.35. The molecule has 1 aromatic carbocycles.